The molecular formula is C22H17N5O. The molecule has 5 aromatic rings. The predicted molar refractivity (Wildman–Crippen MR) is 109 cm³/mol. The summed E-state index contributed by atoms with van der Waals surface area (Å²) in [5, 5.41) is 5.59. The molecule has 0 radical (unpaired) electrons. The van der Waals surface area contributed by atoms with Crippen LogP contribution in [0.25, 0.3) is 33.1 Å². The molecule has 0 amide bonds. The first-order valence-corrected chi connectivity index (χ1v) is 9.01. The molecule has 28 heavy (non-hydrogen) atoms. The molecule has 0 atom stereocenters. The Labute approximate surface area is 160 Å². The Hall–Kier alpha value is -3.80. The van der Waals surface area contributed by atoms with Crippen LogP contribution in [0, 0.1) is 0 Å². The number of aromatic nitrogens is 5. The normalized spacial score (nSPS) is 11.3. The molecule has 136 valence electrons. The van der Waals surface area contributed by atoms with Crippen molar-refractivity contribution >= 4 is 21.9 Å². The quantitative estimate of drug-likeness (QED) is 0.490. The first-order chi connectivity index (χ1) is 13.7. The number of rotatable bonds is 3. The highest BCUT2D eigenvalue weighted by molar-refractivity contribution is 5.94. The van der Waals surface area contributed by atoms with Crippen LogP contribution in [-0.4, -0.2) is 24.3 Å². The summed E-state index contributed by atoms with van der Waals surface area (Å²) in [5.41, 5.74) is 5.07. The Bertz CT molecular complexity index is 1380. The zero-order chi connectivity index (χ0) is 19.1. The molecule has 0 aliphatic heterocycles. The third kappa shape index (κ3) is 2.75. The van der Waals surface area contributed by atoms with E-state index in [1.54, 1.807) is 29.2 Å². The molecule has 3 aromatic heterocycles. The van der Waals surface area contributed by atoms with Crippen LogP contribution >= 0.6 is 0 Å². The van der Waals surface area contributed by atoms with Crippen molar-refractivity contribution < 1.29 is 0 Å². The second-order valence-corrected chi connectivity index (χ2v) is 6.79. The number of hydrogen-bond acceptors (Lipinski definition) is 4. The van der Waals surface area contributed by atoms with Gasteiger partial charge in [0.25, 0.3) is 5.56 Å². The molecule has 0 saturated carbocycles. The molecular weight excluding hydrogens is 350 g/mol. The number of pyridine rings is 1. The third-order valence-corrected chi connectivity index (χ3v) is 4.84. The molecule has 0 N–H and O–H groups in total. The number of nitrogens with zero attached hydrogens (tertiary/aromatic N) is 5. The molecule has 0 spiro atoms. The van der Waals surface area contributed by atoms with E-state index in [1.165, 1.54) is 0 Å². The SMILES string of the molecule is Cn1cc2c(-c3cccc(Cn4cnc5cccnc5c4=O)c3)cccc2n1. The Morgan fingerprint density at radius 3 is 2.75 bits per heavy atom. The van der Waals surface area contributed by atoms with E-state index in [0.29, 0.717) is 17.6 Å². The summed E-state index contributed by atoms with van der Waals surface area (Å²) in [6.07, 6.45) is 5.23. The average Bonchev–Trinajstić information content (AvgIpc) is 3.11. The fraction of sp³-hybridized carbons (Fsp3) is 0.0909. The molecule has 6 heteroatoms. The highest BCUT2D eigenvalue weighted by Gasteiger charge is 2.09. The maximum atomic E-state index is 12.7. The van der Waals surface area contributed by atoms with Crippen LogP contribution in [-0.2, 0) is 13.6 Å². The van der Waals surface area contributed by atoms with Crippen molar-refractivity contribution in [3.8, 4) is 11.1 Å². The first kappa shape index (κ1) is 16.4. The molecule has 6 nitrogen and oxygen atoms in total. The van der Waals surface area contributed by atoms with Gasteiger partial charge in [0, 0.05) is 24.8 Å². The molecule has 0 aliphatic rings. The Kier molecular flexibility index (Phi) is 3.76. The van der Waals surface area contributed by atoms with E-state index < -0.39 is 0 Å². The molecule has 2 aromatic carbocycles. The summed E-state index contributed by atoms with van der Waals surface area (Å²) < 4.78 is 3.42. The molecule has 0 aliphatic carbocycles. The van der Waals surface area contributed by atoms with Crippen LogP contribution in [0.2, 0.25) is 0 Å². The van der Waals surface area contributed by atoms with Gasteiger partial charge in [0.1, 0.15) is 0 Å². The third-order valence-electron chi connectivity index (χ3n) is 4.84. The van der Waals surface area contributed by atoms with Gasteiger partial charge in [-0.05, 0) is 41.0 Å². The van der Waals surface area contributed by atoms with Crippen LogP contribution in [0.5, 0.6) is 0 Å². The Balaban J connectivity index is 1.56. The second-order valence-electron chi connectivity index (χ2n) is 6.79. The van der Waals surface area contributed by atoms with Gasteiger partial charge in [0.15, 0.2) is 5.52 Å². The van der Waals surface area contributed by atoms with Crippen molar-refractivity contribution in [1.29, 1.82) is 0 Å². The van der Waals surface area contributed by atoms with Crippen molar-refractivity contribution in [2.75, 3.05) is 0 Å². The van der Waals surface area contributed by atoms with E-state index in [4.69, 9.17) is 0 Å². The minimum atomic E-state index is -0.134. The predicted octanol–water partition coefficient (Wildman–Crippen LogP) is 3.39. The lowest BCUT2D eigenvalue weighted by Gasteiger charge is -2.09. The maximum absolute atomic E-state index is 12.7. The smallest absolute Gasteiger partial charge is 0.280 e. The lowest BCUT2D eigenvalue weighted by atomic mass is 10.00. The van der Waals surface area contributed by atoms with Crippen molar-refractivity contribution in [1.82, 2.24) is 24.3 Å². The first-order valence-electron chi connectivity index (χ1n) is 9.01. The van der Waals surface area contributed by atoms with Crippen molar-refractivity contribution in [3.63, 3.8) is 0 Å². The number of hydrogen-bond donors (Lipinski definition) is 0. The van der Waals surface area contributed by atoms with Gasteiger partial charge in [0.05, 0.1) is 23.9 Å². The Morgan fingerprint density at radius 1 is 0.964 bits per heavy atom. The molecule has 0 saturated heterocycles. The topological polar surface area (TPSA) is 65.6 Å². The summed E-state index contributed by atoms with van der Waals surface area (Å²) in [5.74, 6) is 0. The molecule has 0 unspecified atom stereocenters. The van der Waals surface area contributed by atoms with Gasteiger partial charge < -0.3 is 0 Å². The fourth-order valence-corrected chi connectivity index (χ4v) is 3.55. The number of aryl methyl sites for hydroxylation is 1. The average molecular weight is 367 g/mol. The van der Waals surface area contributed by atoms with Crippen molar-refractivity contribution in [2.24, 2.45) is 7.05 Å². The lowest BCUT2D eigenvalue weighted by Crippen LogP contribution is -2.21. The lowest BCUT2D eigenvalue weighted by molar-refractivity contribution is 0.746. The highest BCUT2D eigenvalue weighted by Crippen LogP contribution is 2.28. The zero-order valence-electron chi connectivity index (χ0n) is 15.3. The summed E-state index contributed by atoms with van der Waals surface area (Å²) in [4.78, 5) is 21.2. The van der Waals surface area contributed by atoms with Crippen molar-refractivity contribution in [2.45, 2.75) is 6.54 Å². The maximum Gasteiger partial charge on any atom is 0.280 e. The standard InChI is InChI=1S/C22H17N5O/c1-26-13-18-17(7-3-8-19(18)25-26)16-6-2-5-15(11-16)12-27-14-24-20-9-4-10-23-21(20)22(27)28/h2-11,13-14H,12H2,1H3. The minimum absolute atomic E-state index is 0.134. The largest absolute Gasteiger partial charge is 0.293 e. The number of benzene rings is 2. The summed E-state index contributed by atoms with van der Waals surface area (Å²) in [7, 11) is 1.92. The summed E-state index contributed by atoms with van der Waals surface area (Å²) in [6, 6.07) is 17.9. The van der Waals surface area contributed by atoms with Gasteiger partial charge in [-0.1, -0.05) is 30.3 Å². The van der Waals surface area contributed by atoms with Gasteiger partial charge in [0.2, 0.25) is 0 Å². The Morgan fingerprint density at radius 2 is 1.82 bits per heavy atom. The van der Waals surface area contributed by atoms with Crippen LogP contribution < -0.4 is 5.56 Å². The summed E-state index contributed by atoms with van der Waals surface area (Å²) >= 11 is 0. The second kappa shape index (κ2) is 6.42. The van der Waals surface area contributed by atoms with Gasteiger partial charge in [-0.15, -0.1) is 0 Å². The van der Waals surface area contributed by atoms with Crippen molar-refractivity contribution in [3.05, 3.63) is 89.2 Å². The molecule has 0 bridgehead atoms. The van der Waals surface area contributed by atoms with Gasteiger partial charge in [-0.25, -0.2) is 9.97 Å². The van der Waals surface area contributed by atoms with Crippen LogP contribution in [0.15, 0.2) is 78.1 Å². The molecule has 3 heterocycles. The molecule has 5 rings (SSSR count). The van der Waals surface area contributed by atoms with E-state index in [0.717, 1.165) is 27.6 Å². The zero-order valence-corrected chi connectivity index (χ0v) is 15.3. The highest BCUT2D eigenvalue weighted by atomic mass is 16.1. The minimum Gasteiger partial charge on any atom is -0.293 e. The van der Waals surface area contributed by atoms with E-state index >= 15 is 0 Å². The van der Waals surface area contributed by atoms with E-state index in [1.807, 2.05) is 42.2 Å². The molecule has 0 fully saturated rings. The van der Waals surface area contributed by atoms with Crippen LogP contribution in [0.4, 0.5) is 0 Å². The van der Waals surface area contributed by atoms with Gasteiger partial charge in [-0.3, -0.25) is 14.0 Å². The fourth-order valence-electron chi connectivity index (χ4n) is 3.55. The van der Waals surface area contributed by atoms with Gasteiger partial charge in [-0.2, -0.15) is 5.10 Å². The van der Waals surface area contributed by atoms with E-state index in [-0.39, 0.29) is 5.56 Å². The monoisotopic (exact) mass is 367 g/mol. The van der Waals surface area contributed by atoms with E-state index in [9.17, 15) is 4.79 Å². The van der Waals surface area contributed by atoms with Gasteiger partial charge >= 0.3 is 0 Å². The number of fused-ring (bicyclic) bond motifs is 2. The summed E-state index contributed by atoms with van der Waals surface area (Å²) in [6.45, 7) is 0.440. The van der Waals surface area contributed by atoms with Crippen LogP contribution in [0.1, 0.15) is 5.56 Å². The van der Waals surface area contributed by atoms with E-state index in [2.05, 4.69) is 33.3 Å². The van der Waals surface area contributed by atoms with Crippen LogP contribution in [0.3, 0.4) is 0 Å².